The van der Waals surface area contributed by atoms with E-state index in [0.717, 1.165) is 32.7 Å². The van der Waals surface area contributed by atoms with E-state index in [9.17, 15) is 0 Å². The molecule has 0 amide bonds. The molecule has 0 aromatic carbocycles. The molecule has 1 aromatic heterocycles. The Kier molecular flexibility index (Phi) is 7.30. The summed E-state index contributed by atoms with van der Waals surface area (Å²) in [5, 5.41) is 2.56. The van der Waals surface area contributed by atoms with Crippen LogP contribution in [0, 0.1) is 5.92 Å². The van der Waals surface area contributed by atoms with Gasteiger partial charge in [-0.25, -0.2) is 0 Å². The standard InChI is InChI=1S/C11H19N3S3/c1-5-15-9-12-10(16-6-2)14-11(13-9)17-7-8(3)4/h8H,5-7H2,1-4H3. The Morgan fingerprint density at radius 2 is 1.24 bits per heavy atom. The average Bonchev–Trinajstić information content (AvgIpc) is 2.27. The van der Waals surface area contributed by atoms with Gasteiger partial charge in [-0.15, -0.1) is 0 Å². The molecule has 1 heterocycles. The van der Waals surface area contributed by atoms with Crippen LogP contribution in [0.15, 0.2) is 15.5 Å². The lowest BCUT2D eigenvalue weighted by molar-refractivity contribution is 0.708. The fourth-order valence-electron chi connectivity index (χ4n) is 1.01. The minimum atomic E-state index is 0.654. The maximum atomic E-state index is 4.47. The summed E-state index contributed by atoms with van der Waals surface area (Å²) in [5.41, 5.74) is 0. The largest absolute Gasteiger partial charge is 0.196 e. The molecule has 0 atom stereocenters. The second-order valence-corrected chi connectivity index (χ2v) is 7.20. The van der Waals surface area contributed by atoms with Gasteiger partial charge in [0.1, 0.15) is 0 Å². The van der Waals surface area contributed by atoms with Crippen LogP contribution in [0.4, 0.5) is 0 Å². The molecule has 3 nitrogen and oxygen atoms in total. The van der Waals surface area contributed by atoms with Gasteiger partial charge in [0.2, 0.25) is 0 Å². The van der Waals surface area contributed by atoms with Crippen molar-refractivity contribution in [3.8, 4) is 0 Å². The van der Waals surface area contributed by atoms with Crippen LogP contribution in [0.5, 0.6) is 0 Å². The SMILES string of the molecule is CCSc1nc(SCC)nc(SCC(C)C)n1. The third-order valence-electron chi connectivity index (χ3n) is 1.67. The Balaban J connectivity index is 2.79. The predicted octanol–water partition coefficient (Wildman–Crippen LogP) is 3.84. The van der Waals surface area contributed by atoms with E-state index in [2.05, 4.69) is 42.6 Å². The highest BCUT2D eigenvalue weighted by atomic mass is 32.2. The second-order valence-electron chi connectivity index (χ2n) is 3.75. The predicted molar refractivity (Wildman–Crippen MR) is 78.2 cm³/mol. The average molecular weight is 289 g/mol. The smallest absolute Gasteiger partial charge is 0.192 e. The van der Waals surface area contributed by atoms with Crippen molar-refractivity contribution in [2.45, 2.75) is 43.2 Å². The van der Waals surface area contributed by atoms with Crippen molar-refractivity contribution in [3.05, 3.63) is 0 Å². The molecular formula is C11H19N3S3. The molecule has 0 unspecified atom stereocenters. The third-order valence-corrected chi connectivity index (χ3v) is 4.40. The first-order valence-electron chi connectivity index (χ1n) is 5.80. The normalized spacial score (nSPS) is 11.1. The molecule has 0 radical (unpaired) electrons. The molecule has 0 N–H and O–H groups in total. The van der Waals surface area contributed by atoms with E-state index in [4.69, 9.17) is 0 Å². The van der Waals surface area contributed by atoms with Crippen molar-refractivity contribution in [2.75, 3.05) is 17.3 Å². The molecule has 1 aromatic rings. The zero-order valence-corrected chi connectivity index (χ0v) is 13.2. The van der Waals surface area contributed by atoms with Gasteiger partial charge >= 0.3 is 0 Å². The molecule has 0 spiro atoms. The van der Waals surface area contributed by atoms with Crippen LogP contribution in [0.3, 0.4) is 0 Å². The van der Waals surface area contributed by atoms with Crippen LogP contribution >= 0.6 is 35.3 Å². The monoisotopic (exact) mass is 289 g/mol. The maximum Gasteiger partial charge on any atom is 0.192 e. The van der Waals surface area contributed by atoms with Gasteiger partial charge in [-0.05, 0) is 17.4 Å². The van der Waals surface area contributed by atoms with Gasteiger partial charge in [-0.3, -0.25) is 0 Å². The quantitative estimate of drug-likeness (QED) is 0.710. The van der Waals surface area contributed by atoms with E-state index in [1.807, 2.05) is 0 Å². The van der Waals surface area contributed by atoms with Gasteiger partial charge in [0.05, 0.1) is 0 Å². The molecule has 6 heteroatoms. The Labute approximate surface area is 116 Å². The second kappa shape index (κ2) is 8.21. The number of hydrogen-bond donors (Lipinski definition) is 0. The number of nitrogens with zero attached hydrogens (tertiary/aromatic N) is 3. The Morgan fingerprint density at radius 1 is 0.824 bits per heavy atom. The van der Waals surface area contributed by atoms with Crippen LogP contribution < -0.4 is 0 Å². The molecule has 96 valence electrons. The van der Waals surface area contributed by atoms with Crippen molar-refractivity contribution in [1.82, 2.24) is 15.0 Å². The minimum absolute atomic E-state index is 0.654. The summed E-state index contributed by atoms with van der Waals surface area (Å²) in [5.74, 6) is 3.70. The van der Waals surface area contributed by atoms with Gasteiger partial charge in [-0.2, -0.15) is 15.0 Å². The summed E-state index contributed by atoms with van der Waals surface area (Å²) in [6, 6.07) is 0. The summed E-state index contributed by atoms with van der Waals surface area (Å²) in [6.07, 6.45) is 0. The molecule has 17 heavy (non-hydrogen) atoms. The third kappa shape index (κ3) is 5.97. The summed E-state index contributed by atoms with van der Waals surface area (Å²) in [7, 11) is 0. The van der Waals surface area contributed by atoms with Gasteiger partial charge in [0.15, 0.2) is 15.5 Å². The Morgan fingerprint density at radius 3 is 1.59 bits per heavy atom. The highest BCUT2D eigenvalue weighted by molar-refractivity contribution is 8.00. The fraction of sp³-hybridized carbons (Fsp3) is 0.727. The summed E-state index contributed by atoms with van der Waals surface area (Å²) < 4.78 is 0. The van der Waals surface area contributed by atoms with Crippen molar-refractivity contribution in [1.29, 1.82) is 0 Å². The minimum Gasteiger partial charge on any atom is -0.196 e. The Hall–Kier alpha value is 0.0600. The Bertz CT molecular complexity index is 320. The van der Waals surface area contributed by atoms with E-state index in [1.54, 1.807) is 35.3 Å². The molecule has 1 rings (SSSR count). The molecule has 0 fully saturated rings. The molecule has 0 saturated carbocycles. The van der Waals surface area contributed by atoms with Crippen molar-refractivity contribution < 1.29 is 0 Å². The van der Waals surface area contributed by atoms with Gasteiger partial charge < -0.3 is 0 Å². The molecule has 0 aliphatic carbocycles. The van der Waals surface area contributed by atoms with Crippen LogP contribution in [-0.2, 0) is 0 Å². The fourth-order valence-corrected chi connectivity index (χ4v) is 3.09. The lowest BCUT2D eigenvalue weighted by atomic mass is 10.3. The summed E-state index contributed by atoms with van der Waals surface area (Å²) in [4.78, 5) is 13.4. The van der Waals surface area contributed by atoms with Crippen molar-refractivity contribution >= 4 is 35.3 Å². The zero-order valence-electron chi connectivity index (χ0n) is 10.8. The number of aromatic nitrogens is 3. The van der Waals surface area contributed by atoms with E-state index in [1.165, 1.54) is 0 Å². The van der Waals surface area contributed by atoms with Crippen molar-refractivity contribution in [3.63, 3.8) is 0 Å². The van der Waals surface area contributed by atoms with Crippen LogP contribution in [0.1, 0.15) is 27.7 Å². The van der Waals surface area contributed by atoms with Crippen LogP contribution in [-0.4, -0.2) is 32.2 Å². The molecule has 0 bridgehead atoms. The van der Waals surface area contributed by atoms with Crippen LogP contribution in [0.2, 0.25) is 0 Å². The lowest BCUT2D eigenvalue weighted by Gasteiger charge is -2.06. The highest BCUT2D eigenvalue weighted by Gasteiger charge is 2.08. The van der Waals surface area contributed by atoms with E-state index < -0.39 is 0 Å². The highest BCUT2D eigenvalue weighted by Crippen LogP contribution is 2.23. The molecule has 0 aliphatic rings. The number of rotatable bonds is 7. The van der Waals surface area contributed by atoms with Crippen molar-refractivity contribution in [2.24, 2.45) is 5.92 Å². The van der Waals surface area contributed by atoms with Gasteiger partial charge in [-0.1, -0.05) is 63.0 Å². The number of thioether (sulfide) groups is 3. The van der Waals surface area contributed by atoms with Gasteiger partial charge in [0.25, 0.3) is 0 Å². The zero-order chi connectivity index (χ0) is 12.7. The first-order chi connectivity index (χ1) is 8.15. The topological polar surface area (TPSA) is 38.7 Å². The summed E-state index contributed by atoms with van der Waals surface area (Å²) >= 11 is 5.07. The molecular weight excluding hydrogens is 270 g/mol. The molecule has 0 aliphatic heterocycles. The maximum absolute atomic E-state index is 4.47. The van der Waals surface area contributed by atoms with E-state index in [-0.39, 0.29) is 0 Å². The van der Waals surface area contributed by atoms with E-state index in [0.29, 0.717) is 5.92 Å². The van der Waals surface area contributed by atoms with E-state index >= 15 is 0 Å². The molecule has 0 saturated heterocycles. The summed E-state index contributed by atoms with van der Waals surface area (Å²) in [6.45, 7) is 8.64. The first kappa shape index (κ1) is 15.1. The van der Waals surface area contributed by atoms with Gasteiger partial charge in [0, 0.05) is 5.75 Å². The lowest BCUT2D eigenvalue weighted by Crippen LogP contribution is -1.99. The number of hydrogen-bond acceptors (Lipinski definition) is 6. The first-order valence-corrected chi connectivity index (χ1v) is 8.75. The van der Waals surface area contributed by atoms with Crippen LogP contribution in [0.25, 0.3) is 0 Å².